The first-order valence-corrected chi connectivity index (χ1v) is 6.54. The largest absolute Gasteiger partial charge is 0.461 e. The fraction of sp³-hybridized carbons (Fsp3) is 0.375. The lowest BCUT2D eigenvalue weighted by atomic mass is 9.93. The van der Waals surface area contributed by atoms with Crippen molar-refractivity contribution in [3.63, 3.8) is 0 Å². The molecule has 2 N–H and O–H groups in total. The van der Waals surface area contributed by atoms with E-state index in [0.29, 0.717) is 0 Å². The van der Waals surface area contributed by atoms with E-state index in [9.17, 15) is 0 Å². The molecular formula is C16H19NO2. The zero-order valence-corrected chi connectivity index (χ0v) is 11.8. The molecule has 0 amide bonds. The first kappa shape index (κ1) is 12.3. The highest BCUT2D eigenvalue weighted by atomic mass is 16.3. The number of hydrogen-bond acceptors (Lipinski definition) is 3. The Labute approximate surface area is 112 Å². The second-order valence-electron chi connectivity index (χ2n) is 6.06. The van der Waals surface area contributed by atoms with Gasteiger partial charge in [0.05, 0.1) is 0 Å². The molecule has 19 heavy (non-hydrogen) atoms. The third-order valence-electron chi connectivity index (χ3n) is 3.29. The summed E-state index contributed by atoms with van der Waals surface area (Å²) in [6, 6.07) is 6.15. The van der Waals surface area contributed by atoms with Crippen LogP contribution >= 0.6 is 0 Å². The Balaban J connectivity index is 2.37. The van der Waals surface area contributed by atoms with Gasteiger partial charge >= 0.3 is 0 Å². The molecule has 0 aliphatic carbocycles. The van der Waals surface area contributed by atoms with Gasteiger partial charge in [0, 0.05) is 21.9 Å². The number of hydrogen-bond donors (Lipinski definition) is 1. The Bertz CT molecular complexity index is 702. The van der Waals surface area contributed by atoms with Crippen molar-refractivity contribution in [2.75, 3.05) is 0 Å². The van der Waals surface area contributed by atoms with Crippen LogP contribution in [-0.4, -0.2) is 5.54 Å². The molecule has 100 valence electrons. The molecule has 0 radical (unpaired) electrons. The van der Waals surface area contributed by atoms with Crippen molar-refractivity contribution in [3.8, 4) is 0 Å². The highest BCUT2D eigenvalue weighted by Gasteiger charge is 2.20. The van der Waals surface area contributed by atoms with Gasteiger partial charge in [0.2, 0.25) is 0 Å². The Hall–Kier alpha value is -1.74. The van der Waals surface area contributed by atoms with E-state index in [1.807, 2.05) is 39.8 Å². The third kappa shape index (κ3) is 2.15. The smallest absolute Gasteiger partial charge is 0.138 e. The van der Waals surface area contributed by atoms with Gasteiger partial charge < -0.3 is 14.6 Å². The predicted octanol–water partition coefficient (Wildman–Crippen LogP) is 4.08. The van der Waals surface area contributed by atoms with Gasteiger partial charge in [0.15, 0.2) is 0 Å². The maximum Gasteiger partial charge on any atom is 0.138 e. The van der Waals surface area contributed by atoms with E-state index in [2.05, 4.69) is 6.07 Å². The number of fused-ring (bicyclic) bond motifs is 2. The van der Waals surface area contributed by atoms with Gasteiger partial charge in [0.1, 0.15) is 22.7 Å². The maximum atomic E-state index is 6.19. The van der Waals surface area contributed by atoms with E-state index in [1.165, 1.54) is 0 Å². The van der Waals surface area contributed by atoms with Crippen LogP contribution in [0, 0.1) is 13.8 Å². The molecule has 3 rings (SSSR count). The standard InChI is InChI=1S/C16H19NO2/c1-9-5-11-7-14-12(6-10(2)18-14)13(15(11)19-9)8-16(3,4)17/h5-7H,8,17H2,1-4H3. The summed E-state index contributed by atoms with van der Waals surface area (Å²) in [6.45, 7) is 7.98. The highest BCUT2D eigenvalue weighted by molar-refractivity contribution is 5.98. The lowest BCUT2D eigenvalue weighted by Crippen LogP contribution is -2.34. The summed E-state index contributed by atoms with van der Waals surface area (Å²) >= 11 is 0. The molecule has 0 atom stereocenters. The number of aryl methyl sites for hydroxylation is 2. The first-order valence-electron chi connectivity index (χ1n) is 6.54. The summed E-state index contributed by atoms with van der Waals surface area (Å²) in [4.78, 5) is 0. The number of nitrogens with two attached hydrogens (primary N) is 1. The second kappa shape index (κ2) is 3.87. The van der Waals surface area contributed by atoms with Gasteiger partial charge in [-0.2, -0.15) is 0 Å². The van der Waals surface area contributed by atoms with Crippen LogP contribution in [0.1, 0.15) is 30.9 Å². The summed E-state index contributed by atoms with van der Waals surface area (Å²) in [7, 11) is 0. The van der Waals surface area contributed by atoms with Crippen molar-refractivity contribution in [1.29, 1.82) is 0 Å². The predicted molar refractivity (Wildman–Crippen MR) is 77.4 cm³/mol. The molecule has 2 heterocycles. The summed E-state index contributed by atoms with van der Waals surface area (Å²) in [5.74, 6) is 1.82. The van der Waals surface area contributed by atoms with Gasteiger partial charge in [-0.1, -0.05) is 0 Å². The first-order chi connectivity index (χ1) is 8.83. The van der Waals surface area contributed by atoms with Crippen LogP contribution in [0.15, 0.2) is 27.0 Å². The number of rotatable bonds is 2. The molecule has 0 aliphatic heterocycles. The van der Waals surface area contributed by atoms with Gasteiger partial charge in [0.25, 0.3) is 0 Å². The van der Waals surface area contributed by atoms with Crippen LogP contribution in [0.4, 0.5) is 0 Å². The zero-order chi connectivity index (χ0) is 13.8. The molecule has 0 saturated carbocycles. The van der Waals surface area contributed by atoms with Crippen LogP contribution in [0.25, 0.3) is 21.9 Å². The molecule has 0 aliphatic rings. The summed E-state index contributed by atoms with van der Waals surface area (Å²) in [6.07, 6.45) is 0.757. The fourth-order valence-corrected chi connectivity index (χ4v) is 2.65. The van der Waals surface area contributed by atoms with Crippen molar-refractivity contribution in [2.24, 2.45) is 5.73 Å². The van der Waals surface area contributed by atoms with Crippen LogP contribution in [0.3, 0.4) is 0 Å². The molecule has 1 aromatic carbocycles. The SMILES string of the molecule is Cc1cc2c(CC(C)(C)N)c3oc(C)cc3cc2o1. The molecule has 0 fully saturated rings. The molecule has 3 heteroatoms. The minimum absolute atomic E-state index is 0.285. The number of benzene rings is 1. The third-order valence-corrected chi connectivity index (χ3v) is 3.29. The van der Waals surface area contributed by atoms with Crippen LogP contribution in [-0.2, 0) is 6.42 Å². The molecule has 0 spiro atoms. The quantitative estimate of drug-likeness (QED) is 0.752. The minimum atomic E-state index is -0.285. The molecule has 0 unspecified atom stereocenters. The average molecular weight is 257 g/mol. The van der Waals surface area contributed by atoms with Gasteiger partial charge in [-0.25, -0.2) is 0 Å². The van der Waals surface area contributed by atoms with E-state index < -0.39 is 0 Å². The minimum Gasteiger partial charge on any atom is -0.461 e. The maximum absolute atomic E-state index is 6.19. The van der Waals surface area contributed by atoms with E-state index in [-0.39, 0.29) is 5.54 Å². The summed E-state index contributed by atoms with van der Waals surface area (Å²) in [5.41, 5.74) is 8.89. The topological polar surface area (TPSA) is 52.3 Å². The molecular weight excluding hydrogens is 238 g/mol. The second-order valence-corrected chi connectivity index (χ2v) is 6.06. The Morgan fingerprint density at radius 2 is 1.74 bits per heavy atom. The van der Waals surface area contributed by atoms with Crippen LogP contribution in [0.2, 0.25) is 0 Å². The number of furan rings is 2. The average Bonchev–Trinajstić information content (AvgIpc) is 2.78. The highest BCUT2D eigenvalue weighted by Crippen LogP contribution is 2.34. The zero-order valence-electron chi connectivity index (χ0n) is 11.8. The monoisotopic (exact) mass is 257 g/mol. The molecule has 0 bridgehead atoms. The Kier molecular flexibility index (Phi) is 2.51. The van der Waals surface area contributed by atoms with Crippen molar-refractivity contribution < 1.29 is 8.83 Å². The lowest BCUT2D eigenvalue weighted by Gasteiger charge is -2.19. The lowest BCUT2D eigenvalue weighted by molar-refractivity contribution is 0.510. The molecule has 3 aromatic rings. The van der Waals surface area contributed by atoms with E-state index >= 15 is 0 Å². The van der Waals surface area contributed by atoms with E-state index in [0.717, 1.165) is 45.4 Å². The van der Waals surface area contributed by atoms with Gasteiger partial charge in [-0.3, -0.25) is 0 Å². The van der Waals surface area contributed by atoms with Crippen molar-refractivity contribution >= 4 is 21.9 Å². The van der Waals surface area contributed by atoms with Crippen LogP contribution < -0.4 is 5.73 Å². The van der Waals surface area contributed by atoms with Crippen molar-refractivity contribution in [1.82, 2.24) is 0 Å². The Morgan fingerprint density at radius 1 is 1.05 bits per heavy atom. The van der Waals surface area contributed by atoms with Gasteiger partial charge in [-0.15, -0.1) is 0 Å². The van der Waals surface area contributed by atoms with Crippen LogP contribution in [0.5, 0.6) is 0 Å². The molecule has 3 nitrogen and oxygen atoms in total. The van der Waals surface area contributed by atoms with Crippen molar-refractivity contribution in [3.05, 3.63) is 35.3 Å². The normalized spacial score (nSPS) is 12.7. The van der Waals surface area contributed by atoms with Gasteiger partial charge in [-0.05, 0) is 52.3 Å². The summed E-state index contributed by atoms with van der Waals surface area (Å²) < 4.78 is 11.6. The van der Waals surface area contributed by atoms with E-state index in [4.69, 9.17) is 14.6 Å². The molecule has 2 aromatic heterocycles. The summed E-state index contributed by atoms with van der Waals surface area (Å²) in [5, 5.41) is 2.19. The van der Waals surface area contributed by atoms with Crippen molar-refractivity contribution in [2.45, 2.75) is 39.7 Å². The van der Waals surface area contributed by atoms with E-state index in [1.54, 1.807) is 0 Å². The Morgan fingerprint density at radius 3 is 2.42 bits per heavy atom. The molecule has 0 saturated heterocycles. The fourth-order valence-electron chi connectivity index (χ4n) is 2.65.